The van der Waals surface area contributed by atoms with E-state index >= 15 is 0 Å². The van der Waals surface area contributed by atoms with E-state index < -0.39 is 0 Å². The lowest BCUT2D eigenvalue weighted by Crippen LogP contribution is -2.18. The van der Waals surface area contributed by atoms with Crippen molar-refractivity contribution < 1.29 is 9.53 Å². The normalized spacial score (nSPS) is 12.6. The second-order valence-electron chi connectivity index (χ2n) is 4.61. The van der Waals surface area contributed by atoms with Crippen molar-refractivity contribution in [2.75, 3.05) is 6.61 Å². The van der Waals surface area contributed by atoms with Gasteiger partial charge < -0.3 is 4.74 Å². The average Bonchev–Trinajstić information content (AvgIpc) is 2.30. The highest BCUT2D eigenvalue weighted by Crippen LogP contribution is 2.30. The van der Waals surface area contributed by atoms with Crippen molar-refractivity contribution in [3.8, 4) is 0 Å². The Hall–Kier alpha value is -0.730. The van der Waals surface area contributed by atoms with E-state index in [0.717, 1.165) is 12.0 Å². The summed E-state index contributed by atoms with van der Waals surface area (Å²) in [7, 11) is 0. The summed E-state index contributed by atoms with van der Waals surface area (Å²) in [5, 5.41) is 0.958. The number of carbonyl (C=O) groups excluding carboxylic acids is 1. The fourth-order valence-corrected chi connectivity index (χ4v) is 2.12. The van der Waals surface area contributed by atoms with Gasteiger partial charge in [0, 0.05) is 0 Å². The van der Waals surface area contributed by atoms with Gasteiger partial charge in [-0.25, -0.2) is 0 Å². The maximum Gasteiger partial charge on any atom is 0.313 e. The molecule has 0 bridgehead atoms. The van der Waals surface area contributed by atoms with E-state index in [2.05, 4.69) is 13.8 Å². The first-order chi connectivity index (χ1) is 8.45. The molecule has 1 atom stereocenters. The van der Waals surface area contributed by atoms with Crippen LogP contribution in [-0.2, 0) is 9.53 Å². The SMILES string of the molecule is CCOC(=O)[C@H](CC(C)C)c1ccc(Cl)c(Cl)c1. The monoisotopic (exact) mass is 288 g/mol. The molecule has 0 aliphatic rings. The highest BCUT2D eigenvalue weighted by Gasteiger charge is 2.23. The van der Waals surface area contributed by atoms with Gasteiger partial charge in [0.05, 0.1) is 22.6 Å². The molecule has 4 heteroatoms. The Morgan fingerprint density at radius 1 is 1.28 bits per heavy atom. The van der Waals surface area contributed by atoms with Gasteiger partial charge in [-0.1, -0.05) is 43.1 Å². The Balaban J connectivity index is 3.00. The van der Waals surface area contributed by atoms with E-state index in [-0.39, 0.29) is 11.9 Å². The zero-order chi connectivity index (χ0) is 13.7. The predicted octanol–water partition coefficient (Wildman–Crippen LogP) is 4.69. The third-order valence-corrected chi connectivity index (χ3v) is 3.36. The van der Waals surface area contributed by atoms with Gasteiger partial charge >= 0.3 is 5.97 Å². The second kappa shape index (κ2) is 7.01. The maximum absolute atomic E-state index is 12.0. The molecule has 0 aromatic heterocycles. The average molecular weight is 289 g/mol. The number of hydrogen-bond donors (Lipinski definition) is 0. The Kier molecular flexibility index (Phi) is 5.97. The molecule has 0 radical (unpaired) electrons. The molecule has 1 rings (SSSR count). The van der Waals surface area contributed by atoms with E-state index in [0.29, 0.717) is 22.6 Å². The van der Waals surface area contributed by atoms with Crippen LogP contribution in [0.4, 0.5) is 0 Å². The summed E-state index contributed by atoms with van der Waals surface area (Å²) in [5.74, 6) is -0.0850. The van der Waals surface area contributed by atoms with Crippen LogP contribution in [0, 0.1) is 5.92 Å². The molecule has 1 aromatic carbocycles. The third kappa shape index (κ3) is 4.18. The number of esters is 1. The van der Waals surface area contributed by atoms with Crippen molar-refractivity contribution in [3.05, 3.63) is 33.8 Å². The Morgan fingerprint density at radius 2 is 1.94 bits per heavy atom. The Bertz CT molecular complexity index is 416. The molecule has 0 spiro atoms. The molecule has 0 aliphatic carbocycles. The minimum atomic E-state index is -0.278. The molecule has 2 nitrogen and oxygen atoms in total. The summed E-state index contributed by atoms with van der Waals surface area (Å²) >= 11 is 11.9. The summed E-state index contributed by atoms with van der Waals surface area (Å²) in [6.45, 7) is 6.33. The van der Waals surface area contributed by atoms with E-state index in [9.17, 15) is 4.79 Å². The third-order valence-electron chi connectivity index (χ3n) is 2.62. The van der Waals surface area contributed by atoms with Crippen LogP contribution in [0.5, 0.6) is 0 Å². The van der Waals surface area contributed by atoms with Gasteiger partial charge in [0.1, 0.15) is 0 Å². The molecule has 0 heterocycles. The van der Waals surface area contributed by atoms with Crippen LogP contribution in [0.2, 0.25) is 10.0 Å². The van der Waals surface area contributed by atoms with Gasteiger partial charge in [-0.05, 0) is 37.0 Å². The Labute approximate surface area is 118 Å². The quantitative estimate of drug-likeness (QED) is 0.735. The standard InChI is InChI=1S/C14H18Cl2O2/c1-4-18-14(17)11(7-9(2)3)10-5-6-12(15)13(16)8-10/h5-6,8-9,11H,4,7H2,1-3H3/t11-/m1/s1. The molecule has 0 saturated carbocycles. The number of ether oxygens (including phenoxy) is 1. The van der Waals surface area contributed by atoms with Crippen LogP contribution >= 0.6 is 23.2 Å². The van der Waals surface area contributed by atoms with Gasteiger partial charge in [-0.2, -0.15) is 0 Å². The lowest BCUT2D eigenvalue weighted by atomic mass is 9.90. The van der Waals surface area contributed by atoms with Gasteiger partial charge in [-0.15, -0.1) is 0 Å². The van der Waals surface area contributed by atoms with Crippen molar-refractivity contribution in [1.29, 1.82) is 0 Å². The van der Waals surface area contributed by atoms with Crippen LogP contribution in [0.3, 0.4) is 0 Å². The van der Waals surface area contributed by atoms with Crippen LogP contribution in [-0.4, -0.2) is 12.6 Å². The number of benzene rings is 1. The van der Waals surface area contributed by atoms with Gasteiger partial charge in [-0.3, -0.25) is 4.79 Å². The fourth-order valence-electron chi connectivity index (χ4n) is 1.81. The molecular formula is C14H18Cl2O2. The zero-order valence-electron chi connectivity index (χ0n) is 10.9. The largest absolute Gasteiger partial charge is 0.466 e. The van der Waals surface area contributed by atoms with Gasteiger partial charge in [0.15, 0.2) is 0 Å². The summed E-state index contributed by atoms with van der Waals surface area (Å²) < 4.78 is 5.11. The van der Waals surface area contributed by atoms with Crippen LogP contribution in [0.1, 0.15) is 38.7 Å². The topological polar surface area (TPSA) is 26.3 Å². The number of halogens is 2. The van der Waals surface area contributed by atoms with E-state index in [1.807, 2.05) is 6.07 Å². The van der Waals surface area contributed by atoms with Gasteiger partial charge in [0.2, 0.25) is 0 Å². The highest BCUT2D eigenvalue weighted by atomic mass is 35.5. The summed E-state index contributed by atoms with van der Waals surface area (Å²) in [5.41, 5.74) is 0.858. The molecule has 18 heavy (non-hydrogen) atoms. The zero-order valence-corrected chi connectivity index (χ0v) is 12.4. The molecule has 1 aromatic rings. The van der Waals surface area contributed by atoms with E-state index in [4.69, 9.17) is 27.9 Å². The lowest BCUT2D eigenvalue weighted by molar-refractivity contribution is -0.145. The number of carbonyl (C=O) groups is 1. The first kappa shape index (κ1) is 15.3. The second-order valence-corrected chi connectivity index (χ2v) is 5.42. The highest BCUT2D eigenvalue weighted by molar-refractivity contribution is 6.42. The molecule has 0 fully saturated rings. The van der Waals surface area contributed by atoms with Crippen LogP contribution < -0.4 is 0 Å². The van der Waals surface area contributed by atoms with Crippen molar-refractivity contribution in [3.63, 3.8) is 0 Å². The minimum absolute atomic E-state index is 0.204. The van der Waals surface area contributed by atoms with Gasteiger partial charge in [0.25, 0.3) is 0 Å². The van der Waals surface area contributed by atoms with Crippen molar-refractivity contribution in [2.45, 2.75) is 33.1 Å². The maximum atomic E-state index is 12.0. The Morgan fingerprint density at radius 3 is 2.44 bits per heavy atom. The molecule has 0 aliphatic heterocycles. The molecule has 100 valence electrons. The van der Waals surface area contributed by atoms with Crippen molar-refractivity contribution >= 4 is 29.2 Å². The minimum Gasteiger partial charge on any atom is -0.466 e. The molecule has 0 saturated heterocycles. The first-order valence-corrected chi connectivity index (χ1v) is 6.82. The molecule has 0 amide bonds. The first-order valence-electron chi connectivity index (χ1n) is 6.07. The molecule has 0 N–H and O–H groups in total. The molecule has 0 unspecified atom stereocenters. The van der Waals surface area contributed by atoms with Crippen LogP contribution in [0.25, 0.3) is 0 Å². The van der Waals surface area contributed by atoms with E-state index in [1.54, 1.807) is 19.1 Å². The smallest absolute Gasteiger partial charge is 0.313 e. The number of rotatable bonds is 5. The van der Waals surface area contributed by atoms with Crippen LogP contribution in [0.15, 0.2) is 18.2 Å². The molecular weight excluding hydrogens is 271 g/mol. The van der Waals surface area contributed by atoms with Crippen molar-refractivity contribution in [1.82, 2.24) is 0 Å². The predicted molar refractivity (Wildman–Crippen MR) is 75.3 cm³/mol. The van der Waals surface area contributed by atoms with E-state index in [1.165, 1.54) is 0 Å². The summed E-state index contributed by atoms with van der Waals surface area (Å²) in [4.78, 5) is 12.0. The lowest BCUT2D eigenvalue weighted by Gasteiger charge is -2.18. The summed E-state index contributed by atoms with van der Waals surface area (Å²) in [6, 6.07) is 5.29. The number of hydrogen-bond acceptors (Lipinski definition) is 2. The fraction of sp³-hybridized carbons (Fsp3) is 0.500. The summed E-state index contributed by atoms with van der Waals surface area (Å²) in [6.07, 6.45) is 0.733. The van der Waals surface area contributed by atoms with Crippen molar-refractivity contribution in [2.24, 2.45) is 5.92 Å².